The summed E-state index contributed by atoms with van der Waals surface area (Å²) < 4.78 is 33.2. The summed E-state index contributed by atoms with van der Waals surface area (Å²) in [5, 5.41) is 0. The molecular weight excluding hydrogens is 404 g/mol. The highest BCUT2D eigenvalue weighted by Crippen LogP contribution is 2.19. The lowest BCUT2D eigenvalue weighted by atomic mass is 10.2. The van der Waals surface area contributed by atoms with E-state index < -0.39 is 10.0 Å². The molecule has 0 aliphatic carbocycles. The van der Waals surface area contributed by atoms with Crippen LogP contribution in [-0.4, -0.2) is 62.8 Å². The average molecular weight is 433 g/mol. The van der Waals surface area contributed by atoms with Gasteiger partial charge in [0.15, 0.2) is 5.82 Å². The minimum atomic E-state index is -3.51. The number of benzene rings is 1. The minimum absolute atomic E-state index is 0.0366. The SMILES string of the molecule is Cc1ccc(CS(=O)(=O)NCc2nc(N3CCCC3)nc(N3CCOCC3)n2)cc1. The zero-order valence-electron chi connectivity index (χ0n) is 17.2. The highest BCUT2D eigenvalue weighted by Gasteiger charge is 2.22. The number of nitrogens with zero attached hydrogens (tertiary/aromatic N) is 5. The van der Waals surface area contributed by atoms with Gasteiger partial charge in [-0.25, -0.2) is 13.1 Å². The first kappa shape index (κ1) is 21.0. The van der Waals surface area contributed by atoms with Crippen LogP contribution in [0.2, 0.25) is 0 Å². The highest BCUT2D eigenvalue weighted by molar-refractivity contribution is 7.88. The van der Waals surface area contributed by atoms with E-state index in [2.05, 4.69) is 29.5 Å². The molecule has 162 valence electrons. The zero-order valence-corrected chi connectivity index (χ0v) is 18.1. The van der Waals surface area contributed by atoms with Crippen molar-refractivity contribution in [3.05, 3.63) is 41.2 Å². The van der Waals surface area contributed by atoms with Gasteiger partial charge in [0.25, 0.3) is 0 Å². The lowest BCUT2D eigenvalue weighted by molar-refractivity contribution is 0.122. The Balaban J connectivity index is 1.50. The first-order valence-electron chi connectivity index (χ1n) is 10.3. The minimum Gasteiger partial charge on any atom is -0.378 e. The Labute approximate surface area is 177 Å². The van der Waals surface area contributed by atoms with Crippen molar-refractivity contribution < 1.29 is 13.2 Å². The van der Waals surface area contributed by atoms with E-state index in [0.29, 0.717) is 44.0 Å². The number of sulfonamides is 1. The Morgan fingerprint density at radius 2 is 1.53 bits per heavy atom. The molecule has 1 N–H and O–H groups in total. The van der Waals surface area contributed by atoms with Crippen LogP contribution in [0.15, 0.2) is 24.3 Å². The number of hydrogen-bond donors (Lipinski definition) is 1. The maximum absolute atomic E-state index is 12.6. The van der Waals surface area contributed by atoms with Gasteiger partial charge in [0.1, 0.15) is 0 Å². The molecule has 0 atom stereocenters. The van der Waals surface area contributed by atoms with E-state index in [1.165, 1.54) is 0 Å². The van der Waals surface area contributed by atoms with Crippen molar-refractivity contribution in [3.63, 3.8) is 0 Å². The molecule has 3 heterocycles. The Hall–Kier alpha value is -2.30. The van der Waals surface area contributed by atoms with Gasteiger partial charge in [0.05, 0.1) is 25.5 Å². The first-order chi connectivity index (χ1) is 14.5. The number of anilines is 2. The van der Waals surface area contributed by atoms with Crippen LogP contribution in [0.3, 0.4) is 0 Å². The fourth-order valence-corrected chi connectivity index (χ4v) is 4.65. The smallest absolute Gasteiger partial charge is 0.230 e. The summed E-state index contributed by atoms with van der Waals surface area (Å²) in [5.74, 6) is 1.56. The van der Waals surface area contributed by atoms with Crippen LogP contribution in [0.1, 0.15) is 29.8 Å². The van der Waals surface area contributed by atoms with Gasteiger partial charge in [-0.1, -0.05) is 29.8 Å². The largest absolute Gasteiger partial charge is 0.378 e. The van der Waals surface area contributed by atoms with Crippen LogP contribution >= 0.6 is 0 Å². The maximum atomic E-state index is 12.6. The standard InChI is InChI=1S/C20H28N6O3S/c1-16-4-6-17(7-5-16)15-30(27,28)21-14-18-22-19(25-8-2-3-9-25)24-20(23-18)26-10-12-29-13-11-26/h4-7,21H,2-3,8-15H2,1H3. The van der Waals surface area contributed by atoms with Gasteiger partial charge in [-0.05, 0) is 25.3 Å². The molecule has 9 nitrogen and oxygen atoms in total. The van der Waals surface area contributed by atoms with E-state index in [9.17, 15) is 8.42 Å². The molecule has 0 amide bonds. The van der Waals surface area contributed by atoms with Gasteiger partial charge in [-0.2, -0.15) is 15.0 Å². The van der Waals surface area contributed by atoms with Crippen molar-refractivity contribution in [2.75, 3.05) is 49.2 Å². The van der Waals surface area contributed by atoms with Gasteiger partial charge < -0.3 is 14.5 Å². The number of morpholine rings is 1. The quantitative estimate of drug-likeness (QED) is 0.697. The predicted octanol–water partition coefficient (Wildman–Crippen LogP) is 1.24. The van der Waals surface area contributed by atoms with Crippen LogP contribution in [0, 0.1) is 6.92 Å². The fourth-order valence-electron chi connectivity index (χ4n) is 3.57. The topological polar surface area (TPSA) is 101 Å². The molecule has 0 spiro atoms. The lowest BCUT2D eigenvalue weighted by Gasteiger charge is -2.28. The molecule has 30 heavy (non-hydrogen) atoms. The Morgan fingerprint density at radius 1 is 0.933 bits per heavy atom. The molecule has 0 saturated carbocycles. The molecule has 0 bridgehead atoms. The molecule has 1 aromatic heterocycles. The molecule has 1 aromatic carbocycles. The number of nitrogens with one attached hydrogen (secondary N) is 1. The molecule has 2 aliphatic rings. The van der Waals surface area contributed by atoms with Crippen LogP contribution in [0.25, 0.3) is 0 Å². The van der Waals surface area contributed by atoms with Crippen molar-refractivity contribution >= 4 is 21.9 Å². The van der Waals surface area contributed by atoms with E-state index in [4.69, 9.17) is 4.74 Å². The highest BCUT2D eigenvalue weighted by atomic mass is 32.2. The molecule has 2 aliphatic heterocycles. The third-order valence-electron chi connectivity index (χ3n) is 5.27. The van der Waals surface area contributed by atoms with E-state index in [1.807, 2.05) is 31.2 Å². The summed E-state index contributed by atoms with van der Waals surface area (Å²) in [5.41, 5.74) is 1.84. The molecular formula is C20H28N6O3S. The normalized spacial score (nSPS) is 17.5. The van der Waals surface area contributed by atoms with Crippen molar-refractivity contribution in [2.24, 2.45) is 0 Å². The van der Waals surface area contributed by atoms with Crippen LogP contribution in [0.4, 0.5) is 11.9 Å². The third kappa shape index (κ3) is 5.44. The lowest BCUT2D eigenvalue weighted by Crippen LogP contribution is -2.38. The number of rotatable bonds is 7. The summed E-state index contributed by atoms with van der Waals surface area (Å²) in [6.45, 7) is 6.50. The van der Waals surface area contributed by atoms with Gasteiger partial charge in [0.2, 0.25) is 21.9 Å². The first-order valence-corrected chi connectivity index (χ1v) is 12.0. The zero-order chi connectivity index (χ0) is 21.0. The third-order valence-corrected chi connectivity index (χ3v) is 6.57. The Morgan fingerprint density at radius 3 is 2.17 bits per heavy atom. The van der Waals surface area contributed by atoms with Gasteiger partial charge >= 0.3 is 0 Å². The van der Waals surface area contributed by atoms with Gasteiger partial charge in [-0.15, -0.1) is 0 Å². The average Bonchev–Trinajstić information content (AvgIpc) is 3.29. The fraction of sp³-hybridized carbons (Fsp3) is 0.550. The molecule has 0 radical (unpaired) electrons. The van der Waals surface area contributed by atoms with Crippen molar-refractivity contribution in [3.8, 4) is 0 Å². The van der Waals surface area contributed by atoms with Crippen LogP contribution in [-0.2, 0) is 27.1 Å². The molecule has 0 unspecified atom stereocenters. The van der Waals surface area contributed by atoms with E-state index in [1.54, 1.807) is 0 Å². The van der Waals surface area contributed by atoms with E-state index >= 15 is 0 Å². The van der Waals surface area contributed by atoms with Crippen LogP contribution < -0.4 is 14.5 Å². The molecule has 4 rings (SSSR count). The van der Waals surface area contributed by atoms with Gasteiger partial charge in [-0.3, -0.25) is 0 Å². The summed E-state index contributed by atoms with van der Waals surface area (Å²) in [6.07, 6.45) is 2.22. The van der Waals surface area contributed by atoms with Crippen molar-refractivity contribution in [2.45, 2.75) is 32.1 Å². The molecule has 2 aromatic rings. The second-order valence-corrected chi connectivity index (χ2v) is 9.52. The molecule has 10 heteroatoms. The number of hydrogen-bond acceptors (Lipinski definition) is 8. The Bertz CT molecular complexity index is 955. The molecule has 2 saturated heterocycles. The summed E-state index contributed by atoms with van der Waals surface area (Å²) in [4.78, 5) is 18.0. The second-order valence-electron chi connectivity index (χ2n) is 7.71. The number of aromatic nitrogens is 3. The summed E-state index contributed by atoms with van der Waals surface area (Å²) in [6, 6.07) is 7.49. The van der Waals surface area contributed by atoms with Crippen molar-refractivity contribution in [1.29, 1.82) is 0 Å². The summed E-state index contributed by atoms with van der Waals surface area (Å²) >= 11 is 0. The van der Waals surface area contributed by atoms with E-state index in [0.717, 1.165) is 37.1 Å². The van der Waals surface area contributed by atoms with Crippen LogP contribution in [0.5, 0.6) is 0 Å². The number of aryl methyl sites for hydroxylation is 1. The predicted molar refractivity (Wildman–Crippen MR) is 115 cm³/mol. The van der Waals surface area contributed by atoms with E-state index in [-0.39, 0.29) is 12.3 Å². The monoisotopic (exact) mass is 432 g/mol. The van der Waals surface area contributed by atoms with Gasteiger partial charge in [0, 0.05) is 26.2 Å². The van der Waals surface area contributed by atoms with Crippen molar-refractivity contribution in [1.82, 2.24) is 19.7 Å². The summed E-state index contributed by atoms with van der Waals surface area (Å²) in [7, 11) is -3.51. The maximum Gasteiger partial charge on any atom is 0.230 e. The number of ether oxygens (including phenoxy) is 1. The molecule has 2 fully saturated rings. The Kier molecular flexibility index (Phi) is 6.45. The second kappa shape index (κ2) is 9.23.